The van der Waals surface area contributed by atoms with Crippen molar-refractivity contribution in [1.82, 2.24) is 4.90 Å². The van der Waals surface area contributed by atoms with Gasteiger partial charge >= 0.3 is 5.91 Å². The van der Waals surface area contributed by atoms with Gasteiger partial charge in [0, 0.05) is 0 Å². The smallest absolute Gasteiger partial charge is 0.404 e. The highest BCUT2D eigenvalue weighted by Gasteiger charge is 2.29. The first-order valence-corrected chi connectivity index (χ1v) is 5.94. The molecule has 0 aliphatic carbocycles. The number of hydrogen-bond donors (Lipinski definition) is 0. The van der Waals surface area contributed by atoms with Crippen LogP contribution in [0.5, 0.6) is 5.75 Å². The van der Waals surface area contributed by atoms with Crippen molar-refractivity contribution >= 4 is 21.8 Å². The average molecular weight is 283 g/mol. The van der Waals surface area contributed by atoms with Crippen molar-refractivity contribution in [2.24, 2.45) is 0 Å². The first kappa shape index (κ1) is 11.3. The van der Waals surface area contributed by atoms with Crippen molar-refractivity contribution in [3.63, 3.8) is 0 Å². The molecule has 1 aliphatic heterocycles. The van der Waals surface area contributed by atoms with E-state index in [0.29, 0.717) is 6.54 Å². The first-order chi connectivity index (χ1) is 7.70. The summed E-state index contributed by atoms with van der Waals surface area (Å²) < 4.78 is 6.08. The normalized spacial score (nSPS) is 15.1. The number of nitrogens with zero attached hydrogens (tertiary/aromatic N) is 1. The van der Waals surface area contributed by atoms with Gasteiger partial charge in [0.15, 0.2) is 6.42 Å². The highest BCUT2D eigenvalue weighted by atomic mass is 79.9. The monoisotopic (exact) mass is 282 g/mol. The zero-order valence-corrected chi connectivity index (χ0v) is 10.7. The Hall–Kier alpha value is -1.16. The Morgan fingerprint density at radius 3 is 2.94 bits per heavy atom. The minimum atomic E-state index is 0.131. The van der Waals surface area contributed by atoms with Gasteiger partial charge in [-0.3, -0.25) is 4.90 Å². The topological polar surface area (TPSA) is 29.5 Å². The molecule has 0 saturated carbocycles. The van der Waals surface area contributed by atoms with Crippen LogP contribution in [0.2, 0.25) is 0 Å². The summed E-state index contributed by atoms with van der Waals surface area (Å²) >= 11 is 3.44. The van der Waals surface area contributed by atoms with Gasteiger partial charge in [-0.15, -0.1) is 0 Å². The average Bonchev–Trinajstić information content (AvgIpc) is 2.65. The zero-order valence-electron chi connectivity index (χ0n) is 9.07. The number of rotatable bonds is 3. The van der Waals surface area contributed by atoms with E-state index in [9.17, 15) is 4.79 Å². The van der Waals surface area contributed by atoms with E-state index in [1.165, 1.54) is 0 Å². The summed E-state index contributed by atoms with van der Waals surface area (Å²) in [6, 6.07) is 5.88. The number of amides is 1. The Morgan fingerprint density at radius 2 is 2.38 bits per heavy atom. The van der Waals surface area contributed by atoms with E-state index in [1.54, 1.807) is 13.5 Å². The summed E-state index contributed by atoms with van der Waals surface area (Å²) in [7, 11) is 1.64. The highest BCUT2D eigenvalue weighted by Crippen LogP contribution is 2.26. The van der Waals surface area contributed by atoms with Gasteiger partial charge in [0.1, 0.15) is 12.2 Å². The van der Waals surface area contributed by atoms with E-state index in [0.717, 1.165) is 28.8 Å². The Bertz CT molecular complexity index is 406. The van der Waals surface area contributed by atoms with Gasteiger partial charge in [0.05, 0.1) is 24.7 Å². The summed E-state index contributed by atoms with van der Waals surface area (Å²) in [5.74, 6) is 0.940. The molecule has 0 radical (unpaired) electrons. The van der Waals surface area contributed by atoms with Crippen molar-refractivity contribution in [3.05, 3.63) is 34.7 Å². The summed E-state index contributed by atoms with van der Waals surface area (Å²) in [5.41, 5.74) is 1.11. The molecule has 1 aliphatic rings. The van der Waals surface area contributed by atoms with Crippen LogP contribution in [0.25, 0.3) is 0 Å². The lowest BCUT2D eigenvalue weighted by atomic mass is 10.2. The van der Waals surface area contributed by atoms with Gasteiger partial charge in [0.2, 0.25) is 0 Å². The maximum absolute atomic E-state index is 11.4. The van der Waals surface area contributed by atoms with E-state index >= 15 is 0 Å². The molecule has 0 unspecified atom stereocenters. The lowest BCUT2D eigenvalue weighted by Crippen LogP contribution is -2.23. The molecule has 0 aromatic heterocycles. The second-order valence-electron chi connectivity index (χ2n) is 3.72. The van der Waals surface area contributed by atoms with Gasteiger partial charge in [0.25, 0.3) is 0 Å². The summed E-state index contributed by atoms with van der Waals surface area (Å²) in [6.45, 7) is 1.49. The minimum Gasteiger partial charge on any atom is -0.496 e. The van der Waals surface area contributed by atoms with Crippen LogP contribution >= 0.6 is 15.9 Å². The Balaban J connectivity index is 2.10. The molecular weight excluding hydrogens is 270 g/mol. The summed E-state index contributed by atoms with van der Waals surface area (Å²) in [6.07, 6.45) is 2.59. The second-order valence-corrected chi connectivity index (χ2v) is 4.58. The van der Waals surface area contributed by atoms with Crippen molar-refractivity contribution in [1.29, 1.82) is 0 Å². The number of halogens is 1. The molecule has 1 saturated heterocycles. The maximum Gasteiger partial charge on any atom is 0.404 e. The molecule has 0 atom stereocenters. The van der Waals surface area contributed by atoms with E-state index in [-0.39, 0.29) is 5.91 Å². The van der Waals surface area contributed by atoms with Gasteiger partial charge in [-0.1, -0.05) is 6.07 Å². The lowest BCUT2D eigenvalue weighted by Gasteiger charge is -2.12. The molecule has 4 heteroatoms. The largest absolute Gasteiger partial charge is 0.496 e. The number of methoxy groups -OCH3 is 1. The predicted octanol–water partition coefficient (Wildman–Crippen LogP) is 2.39. The van der Waals surface area contributed by atoms with Crippen LogP contribution in [0.3, 0.4) is 0 Å². The van der Waals surface area contributed by atoms with Gasteiger partial charge in [-0.05, 0) is 33.6 Å². The van der Waals surface area contributed by atoms with Gasteiger partial charge < -0.3 is 4.74 Å². The number of carbonyl (C=O) groups is 1. The fourth-order valence-corrected chi connectivity index (χ4v) is 2.36. The molecule has 2 rings (SSSR count). The third kappa shape index (κ3) is 2.32. The minimum absolute atomic E-state index is 0.131. The van der Waals surface area contributed by atoms with Crippen LogP contribution in [-0.2, 0) is 11.3 Å². The molecule has 1 fully saturated rings. The fourth-order valence-electron chi connectivity index (χ4n) is 1.77. The fraction of sp³-hybridized carbons (Fsp3) is 0.333. The quantitative estimate of drug-likeness (QED) is 0.797. The Kier molecular flexibility index (Phi) is 3.39. The van der Waals surface area contributed by atoms with Crippen LogP contribution in [0.1, 0.15) is 12.0 Å². The SMILES string of the molecule is COc1ccc(CN2CC[CH+]C2=O)cc1Br. The summed E-state index contributed by atoms with van der Waals surface area (Å²) in [4.78, 5) is 13.3. The van der Waals surface area contributed by atoms with Crippen molar-refractivity contribution in [2.45, 2.75) is 13.0 Å². The van der Waals surface area contributed by atoms with Crippen LogP contribution < -0.4 is 4.74 Å². The molecule has 0 spiro atoms. The van der Waals surface area contributed by atoms with Gasteiger partial charge in [-0.25, -0.2) is 4.79 Å². The molecule has 84 valence electrons. The van der Waals surface area contributed by atoms with E-state index in [2.05, 4.69) is 15.9 Å². The lowest BCUT2D eigenvalue weighted by molar-refractivity contribution is -0.125. The number of carbonyl (C=O) groups excluding carboxylic acids is 1. The molecule has 3 nitrogen and oxygen atoms in total. The molecule has 0 bridgehead atoms. The van der Waals surface area contributed by atoms with Gasteiger partial charge in [-0.2, -0.15) is 0 Å². The number of ether oxygens (including phenoxy) is 1. The predicted molar refractivity (Wildman–Crippen MR) is 65.0 cm³/mol. The highest BCUT2D eigenvalue weighted by molar-refractivity contribution is 9.10. The number of likely N-dealkylation sites (tertiary alicyclic amines) is 1. The first-order valence-electron chi connectivity index (χ1n) is 5.15. The standard InChI is InChI=1S/C12H13BrNO2/c1-16-11-5-4-9(7-10(11)13)8-14-6-2-3-12(14)15/h3-5,7H,2,6,8H2,1H3/q+1. The van der Waals surface area contributed by atoms with Crippen LogP contribution in [0.15, 0.2) is 22.7 Å². The zero-order chi connectivity index (χ0) is 11.5. The van der Waals surface area contributed by atoms with Crippen LogP contribution in [0, 0.1) is 6.42 Å². The number of benzene rings is 1. The molecule has 1 aromatic carbocycles. The molecule has 1 heterocycles. The summed E-state index contributed by atoms with van der Waals surface area (Å²) in [5, 5.41) is 0. The molecular formula is C12H13BrNO2+. The van der Waals surface area contributed by atoms with Crippen LogP contribution in [0.4, 0.5) is 0 Å². The Morgan fingerprint density at radius 1 is 1.56 bits per heavy atom. The van der Waals surface area contributed by atoms with E-state index < -0.39 is 0 Å². The molecule has 1 aromatic rings. The molecule has 16 heavy (non-hydrogen) atoms. The second kappa shape index (κ2) is 4.78. The van der Waals surface area contributed by atoms with E-state index in [4.69, 9.17) is 4.74 Å². The van der Waals surface area contributed by atoms with E-state index in [1.807, 2.05) is 23.1 Å². The molecule has 0 N–H and O–H groups in total. The van der Waals surface area contributed by atoms with Crippen molar-refractivity contribution < 1.29 is 9.53 Å². The number of hydrogen-bond acceptors (Lipinski definition) is 2. The third-order valence-electron chi connectivity index (χ3n) is 2.62. The third-order valence-corrected chi connectivity index (χ3v) is 3.24. The maximum atomic E-state index is 11.4. The Labute approximate surface area is 104 Å². The van der Waals surface area contributed by atoms with Crippen molar-refractivity contribution in [3.8, 4) is 5.75 Å². The molecule has 1 amide bonds. The van der Waals surface area contributed by atoms with Crippen LogP contribution in [-0.4, -0.2) is 24.5 Å². The van der Waals surface area contributed by atoms with Crippen molar-refractivity contribution in [2.75, 3.05) is 13.7 Å².